The first-order chi connectivity index (χ1) is 17.9. The van der Waals surface area contributed by atoms with Crippen molar-refractivity contribution in [3.8, 4) is 0 Å². The summed E-state index contributed by atoms with van der Waals surface area (Å²) < 4.78 is 0. The molecule has 2 aliphatic heterocycles. The van der Waals surface area contributed by atoms with Crippen LogP contribution in [0.15, 0.2) is 66.7 Å². The van der Waals surface area contributed by atoms with Gasteiger partial charge in [0.15, 0.2) is 0 Å². The molecule has 3 amide bonds. The van der Waals surface area contributed by atoms with Gasteiger partial charge in [-0.05, 0) is 72.5 Å². The fourth-order valence-corrected chi connectivity index (χ4v) is 5.24. The van der Waals surface area contributed by atoms with E-state index in [0.29, 0.717) is 30.1 Å². The molecule has 0 radical (unpaired) electrons. The van der Waals surface area contributed by atoms with Gasteiger partial charge in [-0.1, -0.05) is 36.8 Å². The number of anilines is 2. The second-order valence-electron chi connectivity index (χ2n) is 9.73. The first-order valence-corrected chi connectivity index (χ1v) is 12.6. The molecule has 0 aromatic heterocycles. The second-order valence-corrected chi connectivity index (χ2v) is 9.73. The van der Waals surface area contributed by atoms with Crippen LogP contribution in [-0.2, 0) is 17.8 Å². The van der Waals surface area contributed by atoms with E-state index in [4.69, 9.17) is 11.5 Å². The minimum absolute atomic E-state index is 0.126. The van der Waals surface area contributed by atoms with Crippen LogP contribution in [0, 0.1) is 0 Å². The molecule has 8 nitrogen and oxygen atoms in total. The summed E-state index contributed by atoms with van der Waals surface area (Å²) in [6.07, 6.45) is 3.97. The summed E-state index contributed by atoms with van der Waals surface area (Å²) in [5, 5.41) is 6.67. The Kier molecular flexibility index (Phi) is 6.92. The number of amides is 3. The fourth-order valence-electron chi connectivity index (χ4n) is 5.24. The topological polar surface area (TPSA) is 131 Å². The van der Waals surface area contributed by atoms with Crippen LogP contribution in [0.5, 0.6) is 0 Å². The average Bonchev–Trinajstić information content (AvgIpc) is 3.27. The molecule has 2 heterocycles. The average molecular weight is 498 g/mol. The van der Waals surface area contributed by atoms with Crippen molar-refractivity contribution < 1.29 is 14.4 Å². The number of hydrogen-bond donors (Lipinski definition) is 4. The third-order valence-corrected chi connectivity index (χ3v) is 7.23. The molecule has 5 rings (SSSR count). The number of nitrogens with two attached hydrogens (primary N) is 2. The van der Waals surface area contributed by atoms with E-state index < -0.39 is 17.9 Å². The molecule has 1 saturated heterocycles. The van der Waals surface area contributed by atoms with Gasteiger partial charge in [-0.3, -0.25) is 14.4 Å². The largest absolute Gasteiger partial charge is 0.366 e. The molecule has 3 aromatic carbocycles. The maximum absolute atomic E-state index is 13.6. The Bertz CT molecular complexity index is 1330. The number of piperidine rings is 1. The molecule has 0 aliphatic carbocycles. The lowest BCUT2D eigenvalue weighted by Crippen LogP contribution is -2.41. The van der Waals surface area contributed by atoms with Crippen LogP contribution in [0.2, 0.25) is 0 Å². The Balaban J connectivity index is 1.40. The molecule has 3 aromatic rings. The first-order valence-electron chi connectivity index (χ1n) is 12.6. The number of nitrogens with one attached hydrogen (secondary N) is 2. The van der Waals surface area contributed by atoms with Crippen molar-refractivity contribution in [2.45, 2.75) is 44.3 Å². The first kappa shape index (κ1) is 24.5. The number of carbonyl (C=O) groups is 3. The Labute approximate surface area is 216 Å². The van der Waals surface area contributed by atoms with Crippen LogP contribution >= 0.6 is 0 Å². The summed E-state index contributed by atoms with van der Waals surface area (Å²) in [4.78, 5) is 38.9. The zero-order chi connectivity index (χ0) is 25.9. The fraction of sp³-hybridized carbons (Fsp3) is 0.276. The highest BCUT2D eigenvalue weighted by atomic mass is 16.2. The summed E-state index contributed by atoms with van der Waals surface area (Å²) in [6.45, 7) is 1.42. The summed E-state index contributed by atoms with van der Waals surface area (Å²) in [5.74, 6) is -1.14. The Morgan fingerprint density at radius 2 is 1.68 bits per heavy atom. The van der Waals surface area contributed by atoms with Gasteiger partial charge in [-0.2, -0.15) is 0 Å². The molecular weight excluding hydrogens is 466 g/mol. The van der Waals surface area contributed by atoms with Gasteiger partial charge >= 0.3 is 0 Å². The molecule has 2 aliphatic rings. The number of nitrogens with zero attached hydrogens (tertiary/aromatic N) is 1. The molecule has 0 bridgehead atoms. The zero-order valence-electron chi connectivity index (χ0n) is 20.6. The van der Waals surface area contributed by atoms with Crippen molar-refractivity contribution in [2.24, 2.45) is 11.5 Å². The molecule has 8 heteroatoms. The number of fused-ring (bicyclic) bond motifs is 1. The normalized spacial score (nSPS) is 18.8. The monoisotopic (exact) mass is 497 g/mol. The number of carbonyl (C=O) groups excluding carboxylic acids is 3. The van der Waals surface area contributed by atoms with Crippen LogP contribution in [0.4, 0.5) is 11.4 Å². The Morgan fingerprint density at radius 1 is 0.919 bits per heavy atom. The van der Waals surface area contributed by atoms with E-state index in [1.165, 1.54) is 18.4 Å². The molecule has 6 N–H and O–H groups in total. The molecule has 1 fully saturated rings. The van der Waals surface area contributed by atoms with Crippen LogP contribution in [0.1, 0.15) is 62.7 Å². The van der Waals surface area contributed by atoms with E-state index in [1.807, 2.05) is 41.3 Å². The van der Waals surface area contributed by atoms with E-state index in [1.54, 1.807) is 24.3 Å². The van der Waals surface area contributed by atoms with Crippen molar-refractivity contribution in [2.75, 3.05) is 16.8 Å². The second kappa shape index (κ2) is 10.4. The zero-order valence-corrected chi connectivity index (χ0v) is 20.6. The maximum atomic E-state index is 13.6. The number of hydrogen-bond acceptors (Lipinski definition) is 5. The molecular formula is C29H31N5O3. The quantitative estimate of drug-likeness (QED) is 0.398. The van der Waals surface area contributed by atoms with E-state index >= 15 is 0 Å². The maximum Gasteiger partial charge on any atom is 0.248 e. The summed E-state index contributed by atoms with van der Waals surface area (Å²) >= 11 is 0. The summed E-state index contributed by atoms with van der Waals surface area (Å²) in [5.41, 5.74) is 16.3. The number of rotatable bonds is 7. The van der Waals surface area contributed by atoms with Crippen molar-refractivity contribution in [1.29, 1.82) is 0 Å². The molecule has 37 heavy (non-hydrogen) atoms. The van der Waals surface area contributed by atoms with Crippen LogP contribution in [-0.4, -0.2) is 30.3 Å². The summed E-state index contributed by atoms with van der Waals surface area (Å²) in [6, 6.07) is 20.1. The van der Waals surface area contributed by atoms with Gasteiger partial charge in [0.1, 0.15) is 6.04 Å². The van der Waals surface area contributed by atoms with Gasteiger partial charge in [0, 0.05) is 41.5 Å². The standard InChI is InChI=1S/C29H31N5O3/c30-27(35)19-9-7-18(8-10-19)17-34-25-16-22(28(31)36)12-11-21(25)15-26(34)29(37)33-23-5-3-4-20(14-23)24-6-1-2-13-32-24/h3-5,7-12,14,16,24,26,32H,1-2,6,13,15,17H2,(H2,30,35)(H2,31,36)(H,33,37). The van der Waals surface area contributed by atoms with Gasteiger partial charge in [-0.15, -0.1) is 0 Å². The van der Waals surface area contributed by atoms with E-state index in [9.17, 15) is 14.4 Å². The van der Waals surface area contributed by atoms with Crippen LogP contribution in [0.3, 0.4) is 0 Å². The smallest absolute Gasteiger partial charge is 0.248 e. The van der Waals surface area contributed by atoms with Gasteiger partial charge < -0.3 is 27.0 Å². The molecule has 2 atom stereocenters. The van der Waals surface area contributed by atoms with Crippen molar-refractivity contribution in [3.63, 3.8) is 0 Å². The van der Waals surface area contributed by atoms with Crippen LogP contribution in [0.25, 0.3) is 0 Å². The van der Waals surface area contributed by atoms with Crippen molar-refractivity contribution in [3.05, 3.63) is 94.5 Å². The number of benzene rings is 3. The van der Waals surface area contributed by atoms with E-state index in [-0.39, 0.29) is 5.91 Å². The predicted molar refractivity (Wildman–Crippen MR) is 143 cm³/mol. The lowest BCUT2D eigenvalue weighted by Gasteiger charge is -2.28. The highest BCUT2D eigenvalue weighted by Crippen LogP contribution is 2.35. The lowest BCUT2D eigenvalue weighted by atomic mass is 9.97. The highest BCUT2D eigenvalue weighted by Gasteiger charge is 2.35. The van der Waals surface area contributed by atoms with Gasteiger partial charge in [0.2, 0.25) is 17.7 Å². The third-order valence-electron chi connectivity index (χ3n) is 7.23. The van der Waals surface area contributed by atoms with Gasteiger partial charge in [-0.25, -0.2) is 0 Å². The SMILES string of the molecule is NC(=O)c1ccc(CN2c3cc(C(N)=O)ccc3CC2C(=O)Nc2cccc(C3CCCCN3)c2)cc1. The lowest BCUT2D eigenvalue weighted by molar-refractivity contribution is -0.117. The Morgan fingerprint density at radius 3 is 2.38 bits per heavy atom. The molecule has 0 saturated carbocycles. The third kappa shape index (κ3) is 5.34. The minimum Gasteiger partial charge on any atom is -0.366 e. The highest BCUT2D eigenvalue weighted by molar-refractivity contribution is 6.00. The van der Waals surface area contributed by atoms with Crippen molar-refractivity contribution in [1.82, 2.24) is 5.32 Å². The van der Waals surface area contributed by atoms with E-state index in [2.05, 4.69) is 16.7 Å². The summed E-state index contributed by atoms with van der Waals surface area (Å²) in [7, 11) is 0. The predicted octanol–water partition coefficient (Wildman–Crippen LogP) is 3.27. The van der Waals surface area contributed by atoms with Gasteiger partial charge in [0.25, 0.3) is 0 Å². The Hall–Kier alpha value is -4.17. The number of primary amides is 2. The van der Waals surface area contributed by atoms with Gasteiger partial charge in [0.05, 0.1) is 0 Å². The molecule has 2 unspecified atom stereocenters. The molecule has 0 spiro atoms. The van der Waals surface area contributed by atoms with E-state index in [0.717, 1.165) is 35.5 Å². The minimum atomic E-state index is -0.519. The van der Waals surface area contributed by atoms with Crippen molar-refractivity contribution >= 4 is 29.1 Å². The molecule has 190 valence electrons. The van der Waals surface area contributed by atoms with Crippen LogP contribution < -0.4 is 27.0 Å².